The number of nitrogens with zero attached hydrogens (tertiary/aromatic N) is 3. The molecule has 1 aliphatic carbocycles. The highest BCUT2D eigenvalue weighted by Crippen LogP contribution is 2.43. The molecule has 0 amide bonds. The predicted octanol–water partition coefficient (Wildman–Crippen LogP) is 5.92. The number of fused-ring (bicyclic) bond motifs is 1. The molecule has 0 bridgehead atoms. The van der Waals surface area contributed by atoms with Crippen LogP contribution in [0.15, 0.2) is 24.5 Å². The minimum Gasteiger partial charge on any atom is -0.340 e. The molecule has 1 fully saturated rings. The van der Waals surface area contributed by atoms with Gasteiger partial charge >= 0.3 is 0 Å². The van der Waals surface area contributed by atoms with Crippen LogP contribution in [0.2, 0.25) is 5.02 Å². The fourth-order valence-corrected chi connectivity index (χ4v) is 4.78. The molecule has 1 N–H and O–H groups in total. The third-order valence-electron chi connectivity index (χ3n) is 6.08. The molecule has 0 saturated heterocycles. The summed E-state index contributed by atoms with van der Waals surface area (Å²) in [6.45, 7) is 4.05. The third kappa shape index (κ3) is 3.57. The lowest BCUT2D eigenvalue weighted by atomic mass is 9.72. The zero-order valence-corrected chi connectivity index (χ0v) is 16.4. The van der Waals surface area contributed by atoms with Crippen molar-refractivity contribution in [2.45, 2.75) is 57.8 Å². The van der Waals surface area contributed by atoms with Crippen molar-refractivity contribution in [3.8, 4) is 0 Å². The summed E-state index contributed by atoms with van der Waals surface area (Å²) in [7, 11) is 0. The van der Waals surface area contributed by atoms with E-state index in [2.05, 4.69) is 21.9 Å². The van der Waals surface area contributed by atoms with Crippen molar-refractivity contribution in [2.75, 3.05) is 0 Å². The van der Waals surface area contributed by atoms with Gasteiger partial charge in [0.25, 0.3) is 0 Å². The lowest BCUT2D eigenvalue weighted by molar-refractivity contribution is 0.270. The summed E-state index contributed by atoms with van der Waals surface area (Å²) in [5.74, 6) is 2.06. The Hall–Kier alpha value is -2.01. The van der Waals surface area contributed by atoms with Gasteiger partial charge in [-0.3, -0.25) is 0 Å². The van der Waals surface area contributed by atoms with E-state index in [1.165, 1.54) is 0 Å². The maximum Gasteiger partial charge on any atom is 0.216 e. The molecule has 0 aromatic carbocycles. The van der Waals surface area contributed by atoms with E-state index >= 15 is 0 Å². The normalized spacial score (nSPS) is 21.5. The highest BCUT2D eigenvalue weighted by atomic mass is 35.5. The van der Waals surface area contributed by atoms with Crippen LogP contribution in [0, 0.1) is 18.8 Å². The minimum absolute atomic E-state index is 0.338. The summed E-state index contributed by atoms with van der Waals surface area (Å²) >= 11 is 6.05. The molecule has 3 heterocycles. The summed E-state index contributed by atoms with van der Waals surface area (Å²) < 4.78 is 13.8. The zero-order valence-electron chi connectivity index (χ0n) is 15.7. The monoisotopic (exact) mass is 386 g/mol. The van der Waals surface area contributed by atoms with Crippen LogP contribution in [0.5, 0.6) is 0 Å². The number of pyridine rings is 2. The Morgan fingerprint density at radius 1 is 1.26 bits per heavy atom. The molecule has 1 saturated carbocycles. The van der Waals surface area contributed by atoms with Crippen LogP contribution in [-0.4, -0.2) is 19.9 Å². The first-order valence-corrected chi connectivity index (χ1v) is 10.1. The Morgan fingerprint density at radius 2 is 2.04 bits per heavy atom. The first kappa shape index (κ1) is 18.4. The van der Waals surface area contributed by atoms with Crippen LogP contribution in [0.1, 0.15) is 67.8 Å². The molecule has 0 spiro atoms. The number of H-pyrrole nitrogens is 1. The van der Waals surface area contributed by atoms with Gasteiger partial charge in [-0.05, 0) is 68.6 Å². The predicted molar refractivity (Wildman–Crippen MR) is 106 cm³/mol. The summed E-state index contributed by atoms with van der Waals surface area (Å²) in [5, 5.41) is 0.617. The minimum atomic E-state index is -0.338. The van der Waals surface area contributed by atoms with Crippen LogP contribution in [0.3, 0.4) is 0 Å². The number of hydrogen-bond donors (Lipinski definition) is 1. The fraction of sp³-hybridized carbons (Fsp3) is 0.476. The van der Waals surface area contributed by atoms with Crippen molar-refractivity contribution < 1.29 is 4.39 Å². The topological polar surface area (TPSA) is 54.5 Å². The maximum absolute atomic E-state index is 13.8. The van der Waals surface area contributed by atoms with Gasteiger partial charge in [0.2, 0.25) is 5.95 Å². The van der Waals surface area contributed by atoms with Gasteiger partial charge in [0.1, 0.15) is 5.82 Å². The molecule has 6 heteroatoms. The molecule has 3 aromatic rings. The number of aromatic nitrogens is 4. The van der Waals surface area contributed by atoms with Gasteiger partial charge < -0.3 is 4.98 Å². The van der Waals surface area contributed by atoms with Gasteiger partial charge in [-0.15, -0.1) is 0 Å². The first-order valence-electron chi connectivity index (χ1n) is 9.69. The lowest BCUT2D eigenvalue weighted by Gasteiger charge is -2.33. The second kappa shape index (κ2) is 7.55. The van der Waals surface area contributed by atoms with Crippen LogP contribution in [0.25, 0.3) is 11.2 Å². The maximum atomic E-state index is 13.8. The summed E-state index contributed by atoms with van der Waals surface area (Å²) in [6, 6.07) is 3.86. The molecule has 4 rings (SSSR count). The molecular formula is C21H24ClFN4. The Labute approximate surface area is 163 Å². The Balaban J connectivity index is 1.50. The smallest absolute Gasteiger partial charge is 0.216 e. The fourth-order valence-electron chi connectivity index (χ4n) is 4.62. The van der Waals surface area contributed by atoms with Crippen LogP contribution < -0.4 is 0 Å². The van der Waals surface area contributed by atoms with Gasteiger partial charge in [0.05, 0.1) is 10.5 Å². The molecule has 1 unspecified atom stereocenters. The number of rotatable bonds is 4. The van der Waals surface area contributed by atoms with Crippen molar-refractivity contribution in [3.63, 3.8) is 0 Å². The molecule has 0 aliphatic heterocycles. The second-order valence-corrected chi connectivity index (χ2v) is 8.03. The van der Waals surface area contributed by atoms with Crippen molar-refractivity contribution >= 4 is 22.8 Å². The van der Waals surface area contributed by atoms with Gasteiger partial charge in [-0.25, -0.2) is 15.0 Å². The Kier molecular flexibility index (Phi) is 5.13. The number of halogens is 2. The average molecular weight is 387 g/mol. The quantitative estimate of drug-likeness (QED) is 0.566. The van der Waals surface area contributed by atoms with E-state index < -0.39 is 0 Å². The van der Waals surface area contributed by atoms with Crippen LogP contribution in [0.4, 0.5) is 4.39 Å². The molecule has 27 heavy (non-hydrogen) atoms. The Morgan fingerprint density at radius 3 is 2.78 bits per heavy atom. The van der Waals surface area contributed by atoms with E-state index in [0.29, 0.717) is 28.3 Å². The summed E-state index contributed by atoms with van der Waals surface area (Å²) in [4.78, 5) is 16.2. The van der Waals surface area contributed by atoms with E-state index in [0.717, 1.165) is 54.7 Å². The van der Waals surface area contributed by atoms with Gasteiger partial charge in [0, 0.05) is 23.9 Å². The first-order chi connectivity index (χ1) is 13.1. The molecule has 1 aliphatic rings. The van der Waals surface area contributed by atoms with Gasteiger partial charge in [0.15, 0.2) is 5.65 Å². The van der Waals surface area contributed by atoms with E-state index in [-0.39, 0.29) is 5.95 Å². The molecule has 4 nitrogen and oxygen atoms in total. The summed E-state index contributed by atoms with van der Waals surface area (Å²) in [6.07, 6.45) is 8.66. The van der Waals surface area contributed by atoms with Crippen molar-refractivity contribution in [3.05, 3.63) is 52.4 Å². The van der Waals surface area contributed by atoms with Crippen molar-refractivity contribution in [1.82, 2.24) is 19.9 Å². The molecule has 0 radical (unpaired) electrons. The number of aromatic amines is 1. The highest BCUT2D eigenvalue weighted by Gasteiger charge is 2.31. The second-order valence-electron chi connectivity index (χ2n) is 7.59. The standard InChI is InChI=1S/C21H24ClFN4/c1-3-16(20-26-18-10-15(22)11-25-21(18)27-20)13-4-6-14(7-5-13)17-8-9-24-19(23)12(17)2/h8-11,13-14,16H,3-7H2,1-2H3,(H,25,26,27). The number of hydrogen-bond acceptors (Lipinski definition) is 3. The average Bonchev–Trinajstić information content (AvgIpc) is 3.08. The zero-order chi connectivity index (χ0) is 19.0. The molecule has 142 valence electrons. The van der Waals surface area contributed by atoms with E-state index in [1.807, 2.05) is 19.1 Å². The summed E-state index contributed by atoms with van der Waals surface area (Å²) in [5.41, 5.74) is 3.45. The largest absolute Gasteiger partial charge is 0.340 e. The highest BCUT2D eigenvalue weighted by molar-refractivity contribution is 6.31. The number of imidazole rings is 1. The van der Waals surface area contributed by atoms with E-state index in [9.17, 15) is 4.39 Å². The Bertz CT molecular complexity index is 947. The van der Waals surface area contributed by atoms with E-state index in [1.54, 1.807) is 12.4 Å². The van der Waals surface area contributed by atoms with Crippen molar-refractivity contribution in [2.24, 2.45) is 5.92 Å². The van der Waals surface area contributed by atoms with Gasteiger partial charge in [-0.2, -0.15) is 4.39 Å². The number of nitrogens with one attached hydrogen (secondary N) is 1. The lowest BCUT2D eigenvalue weighted by Crippen LogP contribution is -2.21. The van der Waals surface area contributed by atoms with Crippen LogP contribution in [-0.2, 0) is 0 Å². The third-order valence-corrected chi connectivity index (χ3v) is 6.29. The van der Waals surface area contributed by atoms with Crippen molar-refractivity contribution in [1.29, 1.82) is 0 Å². The molecule has 3 aromatic heterocycles. The molecular weight excluding hydrogens is 363 g/mol. The van der Waals surface area contributed by atoms with Gasteiger partial charge in [-0.1, -0.05) is 18.5 Å². The molecule has 1 atom stereocenters. The van der Waals surface area contributed by atoms with Crippen LogP contribution >= 0.6 is 11.6 Å². The SMILES string of the molecule is CCC(c1nc2ncc(Cl)cc2[nH]1)C1CCC(c2ccnc(F)c2C)CC1. The van der Waals surface area contributed by atoms with E-state index in [4.69, 9.17) is 16.6 Å².